The molecule has 0 spiro atoms. The topological polar surface area (TPSA) is 58.1 Å². The molecule has 2 fully saturated rings. The van der Waals surface area contributed by atoms with Crippen molar-refractivity contribution >= 4 is 5.96 Å². The maximum atomic E-state index is 6.16. The molecule has 6 nitrogen and oxygen atoms in total. The third-order valence-electron chi connectivity index (χ3n) is 6.35. The fourth-order valence-corrected chi connectivity index (χ4v) is 4.32. The number of guanidine groups is 1. The van der Waals surface area contributed by atoms with E-state index in [1.165, 1.54) is 37.7 Å². The molecule has 1 heterocycles. The van der Waals surface area contributed by atoms with E-state index >= 15 is 0 Å². The Hall–Kier alpha value is -1.79. The van der Waals surface area contributed by atoms with Gasteiger partial charge in [-0.1, -0.05) is 31.4 Å². The van der Waals surface area contributed by atoms with Crippen LogP contribution in [0.2, 0.25) is 0 Å². The maximum Gasteiger partial charge on any atom is 0.191 e. The van der Waals surface area contributed by atoms with Gasteiger partial charge in [0.2, 0.25) is 0 Å². The third kappa shape index (κ3) is 7.17. The number of benzene rings is 1. The van der Waals surface area contributed by atoms with Gasteiger partial charge in [-0.05, 0) is 44.9 Å². The molecule has 1 aliphatic heterocycles. The molecule has 1 aliphatic carbocycles. The first-order chi connectivity index (χ1) is 14.7. The number of nitrogens with one attached hydrogen (secondary N) is 2. The van der Waals surface area contributed by atoms with Crippen molar-refractivity contribution in [2.45, 2.75) is 58.0 Å². The largest absolute Gasteiger partial charge is 0.493 e. The van der Waals surface area contributed by atoms with E-state index in [9.17, 15) is 0 Å². The van der Waals surface area contributed by atoms with Crippen molar-refractivity contribution in [3.63, 3.8) is 0 Å². The van der Waals surface area contributed by atoms with Crippen LogP contribution in [0.15, 0.2) is 23.2 Å². The van der Waals surface area contributed by atoms with Gasteiger partial charge in [-0.15, -0.1) is 0 Å². The van der Waals surface area contributed by atoms with Crippen LogP contribution in [0.4, 0.5) is 0 Å². The number of hydrogen-bond acceptors (Lipinski definition) is 4. The van der Waals surface area contributed by atoms with E-state index in [0.717, 1.165) is 62.6 Å². The highest BCUT2D eigenvalue weighted by Crippen LogP contribution is 2.23. The zero-order valence-electron chi connectivity index (χ0n) is 19.1. The Labute approximate surface area is 182 Å². The van der Waals surface area contributed by atoms with Gasteiger partial charge in [-0.25, -0.2) is 0 Å². The number of aliphatic imine (C=N–C) groups is 1. The SMILES string of the molecule is CN=C(NCCN(C)C1CCCCC1)NCc1ccc(C)cc1OCC1CCOC1. The van der Waals surface area contributed by atoms with E-state index in [1.54, 1.807) is 0 Å². The molecule has 1 aromatic rings. The quantitative estimate of drug-likeness (QED) is 0.478. The highest BCUT2D eigenvalue weighted by Gasteiger charge is 2.18. The number of hydrogen-bond donors (Lipinski definition) is 2. The minimum atomic E-state index is 0.502. The van der Waals surface area contributed by atoms with E-state index in [2.05, 4.69) is 52.7 Å². The molecule has 2 aliphatic rings. The van der Waals surface area contributed by atoms with Crippen molar-refractivity contribution in [1.29, 1.82) is 0 Å². The smallest absolute Gasteiger partial charge is 0.191 e. The second-order valence-corrected chi connectivity index (χ2v) is 8.78. The maximum absolute atomic E-state index is 6.16. The molecule has 0 radical (unpaired) electrons. The van der Waals surface area contributed by atoms with Crippen LogP contribution in [0.1, 0.15) is 49.7 Å². The molecule has 0 bridgehead atoms. The van der Waals surface area contributed by atoms with Crippen LogP contribution in [-0.2, 0) is 11.3 Å². The van der Waals surface area contributed by atoms with Gasteiger partial charge < -0.3 is 25.0 Å². The molecule has 1 saturated carbocycles. The highest BCUT2D eigenvalue weighted by molar-refractivity contribution is 5.79. The summed E-state index contributed by atoms with van der Waals surface area (Å²) in [5, 5.41) is 6.90. The van der Waals surface area contributed by atoms with Gasteiger partial charge in [0, 0.05) is 50.8 Å². The third-order valence-corrected chi connectivity index (χ3v) is 6.35. The second-order valence-electron chi connectivity index (χ2n) is 8.78. The van der Waals surface area contributed by atoms with Gasteiger partial charge in [-0.3, -0.25) is 4.99 Å². The molecule has 2 N–H and O–H groups in total. The van der Waals surface area contributed by atoms with Crippen molar-refractivity contribution in [3.8, 4) is 5.75 Å². The molecule has 6 heteroatoms. The Morgan fingerprint density at radius 1 is 1.20 bits per heavy atom. The van der Waals surface area contributed by atoms with Gasteiger partial charge in [0.15, 0.2) is 5.96 Å². The number of nitrogens with zero attached hydrogens (tertiary/aromatic N) is 2. The van der Waals surface area contributed by atoms with Gasteiger partial charge in [0.25, 0.3) is 0 Å². The monoisotopic (exact) mass is 416 g/mol. The molecular weight excluding hydrogens is 376 g/mol. The van der Waals surface area contributed by atoms with Crippen molar-refractivity contribution in [3.05, 3.63) is 29.3 Å². The van der Waals surface area contributed by atoms with Crippen molar-refractivity contribution in [2.75, 3.05) is 47.0 Å². The predicted molar refractivity (Wildman–Crippen MR) is 123 cm³/mol. The molecule has 1 unspecified atom stereocenters. The van der Waals surface area contributed by atoms with Crippen LogP contribution in [0.25, 0.3) is 0 Å². The summed E-state index contributed by atoms with van der Waals surface area (Å²) in [4.78, 5) is 6.89. The summed E-state index contributed by atoms with van der Waals surface area (Å²) in [7, 11) is 4.08. The minimum absolute atomic E-state index is 0.502. The summed E-state index contributed by atoms with van der Waals surface area (Å²) in [5.41, 5.74) is 2.37. The van der Waals surface area contributed by atoms with E-state index in [1.807, 2.05) is 7.05 Å². The Bertz CT molecular complexity index is 667. The molecule has 168 valence electrons. The summed E-state index contributed by atoms with van der Waals surface area (Å²) in [6.07, 6.45) is 7.92. The van der Waals surface area contributed by atoms with Crippen LogP contribution >= 0.6 is 0 Å². The standard InChI is InChI=1S/C24H40N4O2/c1-19-9-10-21(23(15-19)30-18-20-11-14-29-17-20)16-27-24(25-2)26-12-13-28(3)22-7-5-4-6-8-22/h9-10,15,20,22H,4-8,11-14,16-18H2,1-3H3,(H2,25,26,27). The van der Waals surface area contributed by atoms with E-state index in [0.29, 0.717) is 12.5 Å². The Kier molecular flexibility index (Phi) is 9.27. The van der Waals surface area contributed by atoms with Gasteiger partial charge in [-0.2, -0.15) is 0 Å². The summed E-state index contributed by atoms with van der Waals surface area (Å²) in [5.74, 6) is 2.30. The molecule has 1 aromatic carbocycles. The first-order valence-electron chi connectivity index (χ1n) is 11.6. The fourth-order valence-electron chi connectivity index (χ4n) is 4.32. The Balaban J connectivity index is 1.44. The summed E-state index contributed by atoms with van der Waals surface area (Å²) < 4.78 is 11.6. The lowest BCUT2D eigenvalue weighted by Crippen LogP contribution is -2.43. The fraction of sp³-hybridized carbons (Fsp3) is 0.708. The average Bonchev–Trinajstić information content (AvgIpc) is 3.29. The van der Waals surface area contributed by atoms with Gasteiger partial charge in [0.05, 0.1) is 13.2 Å². The van der Waals surface area contributed by atoms with E-state index in [-0.39, 0.29) is 0 Å². The van der Waals surface area contributed by atoms with Crippen LogP contribution in [0, 0.1) is 12.8 Å². The second kappa shape index (κ2) is 12.2. The molecule has 30 heavy (non-hydrogen) atoms. The summed E-state index contributed by atoms with van der Waals surface area (Å²) >= 11 is 0. The first-order valence-corrected chi connectivity index (χ1v) is 11.6. The molecule has 0 amide bonds. The normalized spacial score (nSPS) is 20.5. The molecular formula is C24H40N4O2. The lowest BCUT2D eigenvalue weighted by atomic mass is 9.94. The molecule has 0 aromatic heterocycles. The minimum Gasteiger partial charge on any atom is -0.493 e. The van der Waals surface area contributed by atoms with Gasteiger partial charge >= 0.3 is 0 Å². The van der Waals surface area contributed by atoms with Crippen molar-refractivity contribution in [1.82, 2.24) is 15.5 Å². The molecule has 3 rings (SSSR count). The van der Waals surface area contributed by atoms with Crippen molar-refractivity contribution < 1.29 is 9.47 Å². The highest BCUT2D eigenvalue weighted by atomic mass is 16.5. The number of aryl methyl sites for hydroxylation is 1. The van der Waals surface area contributed by atoms with E-state index < -0.39 is 0 Å². The zero-order chi connectivity index (χ0) is 21.2. The molecule has 1 atom stereocenters. The lowest BCUT2D eigenvalue weighted by Gasteiger charge is -2.31. The Morgan fingerprint density at radius 3 is 2.77 bits per heavy atom. The van der Waals surface area contributed by atoms with Crippen LogP contribution in [0.3, 0.4) is 0 Å². The number of ether oxygens (including phenoxy) is 2. The first kappa shape index (κ1) is 22.9. The lowest BCUT2D eigenvalue weighted by molar-refractivity contribution is 0.166. The average molecular weight is 417 g/mol. The van der Waals surface area contributed by atoms with Crippen LogP contribution < -0.4 is 15.4 Å². The Morgan fingerprint density at radius 2 is 2.03 bits per heavy atom. The number of likely N-dealkylation sites (N-methyl/N-ethyl adjacent to an activating group) is 1. The molecule has 1 saturated heterocycles. The van der Waals surface area contributed by atoms with Crippen LogP contribution in [0.5, 0.6) is 5.75 Å². The predicted octanol–water partition coefficient (Wildman–Crippen LogP) is 3.34. The van der Waals surface area contributed by atoms with Crippen molar-refractivity contribution in [2.24, 2.45) is 10.9 Å². The number of rotatable bonds is 9. The van der Waals surface area contributed by atoms with Gasteiger partial charge in [0.1, 0.15) is 5.75 Å². The summed E-state index contributed by atoms with van der Waals surface area (Å²) in [6.45, 7) is 7.11. The van der Waals surface area contributed by atoms with Crippen LogP contribution in [-0.4, -0.2) is 63.9 Å². The zero-order valence-corrected chi connectivity index (χ0v) is 19.1. The summed E-state index contributed by atoms with van der Waals surface area (Å²) in [6, 6.07) is 7.15. The van der Waals surface area contributed by atoms with E-state index in [4.69, 9.17) is 9.47 Å².